The van der Waals surface area contributed by atoms with Gasteiger partial charge >= 0.3 is 0 Å². The van der Waals surface area contributed by atoms with Gasteiger partial charge in [-0.3, -0.25) is 9.59 Å². The third kappa shape index (κ3) is 4.58. The molecule has 1 heterocycles. The maximum atomic E-state index is 12.6. The fourth-order valence-electron chi connectivity index (χ4n) is 3.05. The molecule has 0 atom stereocenters. The Kier molecular flexibility index (Phi) is 5.96. The molecule has 2 amide bonds. The summed E-state index contributed by atoms with van der Waals surface area (Å²) >= 11 is 0. The highest BCUT2D eigenvalue weighted by molar-refractivity contribution is 5.95. The second-order valence-corrected chi connectivity index (χ2v) is 6.45. The number of nitrogens with zero attached hydrogens (tertiary/aromatic N) is 2. The molecule has 1 saturated heterocycles. The Morgan fingerprint density at radius 1 is 0.889 bits per heavy atom. The molecule has 6 heteroatoms. The van der Waals surface area contributed by atoms with Crippen LogP contribution in [0.2, 0.25) is 0 Å². The van der Waals surface area contributed by atoms with Gasteiger partial charge < -0.3 is 19.3 Å². The number of ether oxygens (including phenoxy) is 2. The first kappa shape index (κ1) is 18.8. The van der Waals surface area contributed by atoms with Gasteiger partial charge in [0.1, 0.15) is 11.5 Å². The van der Waals surface area contributed by atoms with Crippen molar-refractivity contribution >= 4 is 11.8 Å². The number of amides is 2. The molecule has 0 radical (unpaired) electrons. The van der Waals surface area contributed by atoms with Gasteiger partial charge in [0.2, 0.25) is 0 Å². The van der Waals surface area contributed by atoms with E-state index in [1.807, 2.05) is 31.2 Å². The van der Waals surface area contributed by atoms with Crippen molar-refractivity contribution in [2.45, 2.75) is 6.92 Å². The van der Waals surface area contributed by atoms with Crippen molar-refractivity contribution in [2.75, 3.05) is 39.9 Å². The molecule has 3 rings (SSSR count). The quantitative estimate of drug-likeness (QED) is 0.813. The number of methoxy groups -OCH3 is 1. The Labute approximate surface area is 159 Å². The lowest BCUT2D eigenvalue weighted by molar-refractivity contribution is -0.134. The van der Waals surface area contributed by atoms with Crippen molar-refractivity contribution in [3.63, 3.8) is 0 Å². The topological polar surface area (TPSA) is 59.1 Å². The summed E-state index contributed by atoms with van der Waals surface area (Å²) in [6.07, 6.45) is 0. The number of carbonyl (C=O) groups is 2. The van der Waals surface area contributed by atoms with Crippen molar-refractivity contribution < 1.29 is 19.1 Å². The Morgan fingerprint density at radius 3 is 2.11 bits per heavy atom. The summed E-state index contributed by atoms with van der Waals surface area (Å²) in [7, 11) is 1.60. The van der Waals surface area contributed by atoms with Crippen LogP contribution < -0.4 is 9.47 Å². The van der Waals surface area contributed by atoms with E-state index in [1.165, 1.54) is 0 Å². The molecule has 0 N–H and O–H groups in total. The maximum Gasteiger partial charge on any atom is 0.260 e. The van der Waals surface area contributed by atoms with Gasteiger partial charge in [-0.25, -0.2) is 0 Å². The minimum atomic E-state index is -0.0752. The molecule has 142 valence electrons. The summed E-state index contributed by atoms with van der Waals surface area (Å²) in [6, 6.07) is 14.7. The van der Waals surface area contributed by atoms with Crippen LogP contribution in [0.1, 0.15) is 15.9 Å². The van der Waals surface area contributed by atoms with Gasteiger partial charge in [0.05, 0.1) is 7.11 Å². The zero-order valence-electron chi connectivity index (χ0n) is 15.7. The van der Waals surface area contributed by atoms with E-state index in [0.29, 0.717) is 31.9 Å². The largest absolute Gasteiger partial charge is 0.497 e. The Balaban J connectivity index is 1.48. The van der Waals surface area contributed by atoms with Gasteiger partial charge in [-0.2, -0.15) is 0 Å². The first-order valence-corrected chi connectivity index (χ1v) is 8.98. The molecular formula is C21H24N2O4. The predicted octanol–water partition coefficient (Wildman–Crippen LogP) is 2.37. The van der Waals surface area contributed by atoms with E-state index in [9.17, 15) is 9.59 Å². The average Bonchev–Trinajstić information content (AvgIpc) is 2.72. The van der Waals surface area contributed by atoms with E-state index in [-0.39, 0.29) is 18.4 Å². The van der Waals surface area contributed by atoms with E-state index in [1.54, 1.807) is 41.2 Å². The van der Waals surface area contributed by atoms with Crippen LogP contribution in [0.4, 0.5) is 0 Å². The Morgan fingerprint density at radius 2 is 1.48 bits per heavy atom. The van der Waals surface area contributed by atoms with E-state index < -0.39 is 0 Å². The maximum absolute atomic E-state index is 12.6. The lowest BCUT2D eigenvalue weighted by Gasteiger charge is -2.35. The van der Waals surface area contributed by atoms with E-state index in [0.717, 1.165) is 16.9 Å². The molecule has 0 aromatic heterocycles. The van der Waals surface area contributed by atoms with E-state index in [2.05, 4.69) is 0 Å². The van der Waals surface area contributed by atoms with Crippen LogP contribution in [0.15, 0.2) is 48.5 Å². The molecule has 6 nitrogen and oxygen atoms in total. The van der Waals surface area contributed by atoms with Crippen molar-refractivity contribution in [1.82, 2.24) is 9.80 Å². The number of hydrogen-bond donors (Lipinski definition) is 0. The first-order chi connectivity index (χ1) is 13.1. The fraction of sp³-hybridized carbons (Fsp3) is 0.333. The molecule has 1 aliphatic heterocycles. The van der Waals surface area contributed by atoms with Crippen LogP contribution >= 0.6 is 0 Å². The molecule has 1 fully saturated rings. The number of rotatable bonds is 5. The van der Waals surface area contributed by atoms with Gasteiger partial charge in [0.25, 0.3) is 11.8 Å². The molecule has 27 heavy (non-hydrogen) atoms. The zero-order chi connectivity index (χ0) is 19.2. The molecule has 2 aromatic rings. The highest BCUT2D eigenvalue weighted by atomic mass is 16.5. The lowest BCUT2D eigenvalue weighted by atomic mass is 10.1. The summed E-state index contributed by atoms with van der Waals surface area (Å²) in [6.45, 7) is 4.01. The molecule has 1 aliphatic rings. The van der Waals surface area contributed by atoms with Gasteiger partial charge in [0, 0.05) is 31.7 Å². The summed E-state index contributed by atoms with van der Waals surface area (Å²) in [5.74, 6) is 1.31. The van der Waals surface area contributed by atoms with Gasteiger partial charge in [-0.15, -0.1) is 0 Å². The predicted molar refractivity (Wildman–Crippen MR) is 102 cm³/mol. The summed E-state index contributed by atoms with van der Waals surface area (Å²) < 4.78 is 10.6. The summed E-state index contributed by atoms with van der Waals surface area (Å²) in [4.78, 5) is 28.6. The average molecular weight is 368 g/mol. The van der Waals surface area contributed by atoms with Crippen LogP contribution in [0.3, 0.4) is 0 Å². The normalized spacial score (nSPS) is 14.0. The van der Waals surface area contributed by atoms with Gasteiger partial charge in [0.15, 0.2) is 6.61 Å². The lowest BCUT2D eigenvalue weighted by Crippen LogP contribution is -2.51. The number of hydrogen-bond acceptors (Lipinski definition) is 4. The van der Waals surface area contributed by atoms with Gasteiger partial charge in [-0.1, -0.05) is 18.2 Å². The third-order valence-electron chi connectivity index (χ3n) is 4.72. The molecule has 2 aromatic carbocycles. The number of aryl methyl sites for hydroxylation is 1. The number of carbonyl (C=O) groups excluding carboxylic acids is 2. The van der Waals surface area contributed by atoms with Crippen molar-refractivity contribution in [1.29, 1.82) is 0 Å². The molecular weight excluding hydrogens is 344 g/mol. The van der Waals surface area contributed by atoms with Crippen molar-refractivity contribution in [2.24, 2.45) is 0 Å². The smallest absolute Gasteiger partial charge is 0.260 e. The second-order valence-electron chi connectivity index (χ2n) is 6.45. The van der Waals surface area contributed by atoms with Crippen molar-refractivity contribution in [3.8, 4) is 11.5 Å². The van der Waals surface area contributed by atoms with Crippen LogP contribution in [0, 0.1) is 6.92 Å². The molecule has 0 bridgehead atoms. The van der Waals surface area contributed by atoms with Crippen LogP contribution in [0.25, 0.3) is 0 Å². The summed E-state index contributed by atoms with van der Waals surface area (Å²) in [5.41, 5.74) is 1.69. The number of piperazine rings is 1. The third-order valence-corrected chi connectivity index (χ3v) is 4.72. The Bertz CT molecular complexity index is 796. The Hall–Kier alpha value is -3.02. The van der Waals surface area contributed by atoms with Gasteiger partial charge in [-0.05, 0) is 42.8 Å². The molecule has 0 aliphatic carbocycles. The monoisotopic (exact) mass is 368 g/mol. The fourth-order valence-corrected chi connectivity index (χ4v) is 3.05. The van der Waals surface area contributed by atoms with Crippen LogP contribution in [-0.2, 0) is 4.79 Å². The second kappa shape index (κ2) is 8.58. The highest BCUT2D eigenvalue weighted by Crippen LogP contribution is 2.17. The van der Waals surface area contributed by atoms with Crippen LogP contribution in [0.5, 0.6) is 11.5 Å². The zero-order valence-corrected chi connectivity index (χ0v) is 15.7. The SMILES string of the molecule is COc1ccc(OCC(=O)N2CCN(C(=O)c3ccccc3C)CC2)cc1. The van der Waals surface area contributed by atoms with Crippen LogP contribution in [-0.4, -0.2) is 61.5 Å². The summed E-state index contributed by atoms with van der Waals surface area (Å²) in [5, 5.41) is 0. The van der Waals surface area contributed by atoms with E-state index >= 15 is 0 Å². The van der Waals surface area contributed by atoms with Crippen molar-refractivity contribution in [3.05, 3.63) is 59.7 Å². The molecule has 0 saturated carbocycles. The molecule has 0 unspecified atom stereocenters. The minimum absolute atomic E-state index is 0.0158. The minimum Gasteiger partial charge on any atom is -0.497 e. The first-order valence-electron chi connectivity index (χ1n) is 8.98. The standard InChI is InChI=1S/C21H24N2O4/c1-16-5-3-4-6-19(16)21(25)23-13-11-22(12-14-23)20(24)15-27-18-9-7-17(26-2)8-10-18/h3-10H,11-15H2,1-2H3. The van der Waals surface area contributed by atoms with E-state index in [4.69, 9.17) is 9.47 Å². The molecule has 0 spiro atoms. The highest BCUT2D eigenvalue weighted by Gasteiger charge is 2.25. The number of benzene rings is 2.